The van der Waals surface area contributed by atoms with Crippen molar-refractivity contribution in [2.75, 3.05) is 26.9 Å². The third-order valence-electron chi connectivity index (χ3n) is 6.97. The number of benzene rings is 2. The summed E-state index contributed by atoms with van der Waals surface area (Å²) >= 11 is 0. The Morgan fingerprint density at radius 3 is 2.64 bits per heavy atom. The van der Waals surface area contributed by atoms with Crippen LogP contribution in [-0.4, -0.2) is 47.4 Å². The predicted molar refractivity (Wildman–Crippen MR) is 135 cm³/mol. The summed E-state index contributed by atoms with van der Waals surface area (Å²) in [5, 5.41) is 16.8. The van der Waals surface area contributed by atoms with Gasteiger partial charge in [-0.1, -0.05) is 24.3 Å². The molecular formula is C28H27N5O3. The van der Waals surface area contributed by atoms with Crippen LogP contribution in [0.2, 0.25) is 0 Å². The minimum Gasteiger partial charge on any atom is -0.497 e. The van der Waals surface area contributed by atoms with Crippen LogP contribution in [0.15, 0.2) is 60.9 Å². The zero-order valence-corrected chi connectivity index (χ0v) is 20.3. The molecule has 1 aliphatic heterocycles. The molecule has 0 bridgehead atoms. The molecule has 0 radical (unpaired) electrons. The molecule has 0 atom stereocenters. The molecule has 8 nitrogen and oxygen atoms in total. The highest BCUT2D eigenvalue weighted by Crippen LogP contribution is 2.35. The third-order valence-corrected chi connectivity index (χ3v) is 6.97. The van der Waals surface area contributed by atoms with Gasteiger partial charge < -0.3 is 14.8 Å². The molecule has 8 heteroatoms. The fourth-order valence-electron chi connectivity index (χ4n) is 4.72. The first-order valence-corrected chi connectivity index (χ1v) is 11.9. The molecule has 2 aromatic heterocycles. The Balaban J connectivity index is 1.35. The van der Waals surface area contributed by atoms with Gasteiger partial charge in [-0.3, -0.25) is 4.79 Å². The second-order valence-corrected chi connectivity index (χ2v) is 9.12. The van der Waals surface area contributed by atoms with Crippen molar-refractivity contribution in [1.29, 1.82) is 5.26 Å². The molecule has 1 aliphatic rings. The van der Waals surface area contributed by atoms with Crippen LogP contribution < -0.4 is 10.1 Å². The van der Waals surface area contributed by atoms with Crippen molar-refractivity contribution in [3.63, 3.8) is 0 Å². The summed E-state index contributed by atoms with van der Waals surface area (Å²) in [7, 11) is 1.65. The minimum absolute atomic E-state index is 0.210. The quantitative estimate of drug-likeness (QED) is 0.446. The summed E-state index contributed by atoms with van der Waals surface area (Å²) in [6.45, 7) is 3.69. The monoisotopic (exact) mass is 481 g/mol. The number of rotatable bonds is 6. The van der Waals surface area contributed by atoms with Crippen molar-refractivity contribution in [1.82, 2.24) is 19.9 Å². The van der Waals surface area contributed by atoms with Crippen molar-refractivity contribution >= 4 is 11.6 Å². The van der Waals surface area contributed by atoms with Gasteiger partial charge in [0.25, 0.3) is 5.91 Å². The fraction of sp³-hybridized carbons (Fsp3) is 0.286. The lowest BCUT2D eigenvalue weighted by molar-refractivity contribution is 0.0486. The number of nitrogens with zero attached hydrogens (tertiary/aromatic N) is 4. The molecule has 0 aliphatic carbocycles. The van der Waals surface area contributed by atoms with E-state index in [2.05, 4.69) is 33.6 Å². The number of fused-ring (bicyclic) bond motifs is 1. The van der Waals surface area contributed by atoms with Gasteiger partial charge in [-0.2, -0.15) is 10.4 Å². The molecule has 2 aromatic carbocycles. The maximum absolute atomic E-state index is 13.1. The Morgan fingerprint density at radius 1 is 1.17 bits per heavy atom. The normalized spacial score (nSPS) is 14.8. The maximum Gasteiger partial charge on any atom is 0.271 e. The number of amides is 1. The average molecular weight is 482 g/mol. The van der Waals surface area contributed by atoms with Crippen LogP contribution in [0.4, 0.5) is 0 Å². The van der Waals surface area contributed by atoms with Crippen molar-refractivity contribution in [2.24, 2.45) is 0 Å². The molecule has 0 saturated carbocycles. The molecule has 0 spiro atoms. The SMILES string of the molecule is COc1ccc(C2(CNC(=O)c3cc4ncc(-c5ccc(C#N)c(C)c5)cn4n3)CCOCC2)cc1. The number of nitrogens with one attached hydrogen (secondary N) is 1. The Bertz CT molecular complexity index is 1450. The third kappa shape index (κ3) is 4.53. The topological polar surface area (TPSA) is 102 Å². The first-order chi connectivity index (χ1) is 17.5. The van der Waals surface area contributed by atoms with Gasteiger partial charge in [0.05, 0.1) is 18.7 Å². The highest BCUT2D eigenvalue weighted by Gasteiger charge is 2.35. The highest BCUT2D eigenvalue weighted by atomic mass is 16.5. The lowest BCUT2D eigenvalue weighted by Crippen LogP contribution is -2.44. The van der Waals surface area contributed by atoms with Gasteiger partial charge in [-0.25, -0.2) is 9.50 Å². The predicted octanol–water partition coefficient (Wildman–Crippen LogP) is 4.06. The summed E-state index contributed by atoms with van der Waals surface area (Å²) in [5.74, 6) is 0.563. The first kappa shape index (κ1) is 23.5. The van der Waals surface area contributed by atoms with E-state index in [4.69, 9.17) is 9.47 Å². The van der Waals surface area contributed by atoms with Crippen LogP contribution >= 0.6 is 0 Å². The number of carbonyl (C=O) groups is 1. The molecule has 1 N–H and O–H groups in total. The van der Waals surface area contributed by atoms with Crippen molar-refractivity contribution in [2.45, 2.75) is 25.2 Å². The number of ether oxygens (including phenoxy) is 2. The van der Waals surface area contributed by atoms with Crippen LogP contribution in [0, 0.1) is 18.3 Å². The zero-order chi connectivity index (χ0) is 25.1. The number of methoxy groups -OCH3 is 1. The van der Waals surface area contributed by atoms with Crippen LogP contribution in [0.3, 0.4) is 0 Å². The standard InChI is InChI=1S/C28H27N5O3/c1-19-13-20(3-4-21(19)15-29)22-16-30-26-14-25(32-33(26)17-22)27(34)31-18-28(9-11-36-12-10-28)23-5-7-24(35-2)8-6-23/h3-8,13-14,16-17H,9-12,18H2,1-2H3,(H,31,34). The Morgan fingerprint density at radius 2 is 1.94 bits per heavy atom. The largest absolute Gasteiger partial charge is 0.497 e. The molecule has 5 rings (SSSR count). The highest BCUT2D eigenvalue weighted by molar-refractivity contribution is 5.93. The minimum atomic E-state index is -0.240. The lowest BCUT2D eigenvalue weighted by atomic mass is 9.74. The van der Waals surface area contributed by atoms with E-state index in [1.807, 2.05) is 37.4 Å². The maximum atomic E-state index is 13.1. The average Bonchev–Trinajstić information content (AvgIpc) is 3.36. The van der Waals surface area contributed by atoms with E-state index < -0.39 is 0 Å². The zero-order valence-electron chi connectivity index (χ0n) is 20.3. The Hall–Kier alpha value is -4.22. The number of aromatic nitrogens is 3. The molecule has 1 saturated heterocycles. The van der Waals surface area contributed by atoms with Gasteiger partial charge in [0.1, 0.15) is 5.75 Å². The van der Waals surface area contributed by atoms with E-state index in [9.17, 15) is 10.1 Å². The van der Waals surface area contributed by atoms with E-state index in [0.717, 1.165) is 40.8 Å². The van der Waals surface area contributed by atoms with Gasteiger partial charge in [-0.05, 0) is 54.7 Å². The van der Waals surface area contributed by atoms with E-state index in [0.29, 0.717) is 36.7 Å². The van der Waals surface area contributed by atoms with Crippen molar-refractivity contribution < 1.29 is 14.3 Å². The van der Waals surface area contributed by atoms with Crippen molar-refractivity contribution in [3.8, 4) is 22.9 Å². The summed E-state index contributed by atoms with van der Waals surface area (Å²) < 4.78 is 12.5. The van der Waals surface area contributed by atoms with E-state index in [1.165, 1.54) is 0 Å². The Labute approximate surface area is 209 Å². The van der Waals surface area contributed by atoms with Crippen LogP contribution in [0.1, 0.15) is 40.0 Å². The molecule has 0 unspecified atom stereocenters. The molecular weight excluding hydrogens is 454 g/mol. The number of aryl methyl sites for hydroxylation is 1. The van der Waals surface area contributed by atoms with Gasteiger partial charge in [0.2, 0.25) is 0 Å². The summed E-state index contributed by atoms with van der Waals surface area (Å²) in [6, 6.07) is 17.5. The van der Waals surface area contributed by atoms with Crippen LogP contribution in [0.25, 0.3) is 16.8 Å². The summed E-state index contributed by atoms with van der Waals surface area (Å²) in [5.41, 5.74) is 5.17. The molecule has 182 valence electrons. The second kappa shape index (κ2) is 9.80. The summed E-state index contributed by atoms with van der Waals surface area (Å²) in [4.78, 5) is 17.6. The number of carbonyl (C=O) groups excluding carboxylic acids is 1. The first-order valence-electron chi connectivity index (χ1n) is 11.9. The van der Waals surface area contributed by atoms with Gasteiger partial charge in [-0.15, -0.1) is 0 Å². The number of hydrogen-bond donors (Lipinski definition) is 1. The molecule has 1 fully saturated rings. The fourth-order valence-corrected chi connectivity index (χ4v) is 4.72. The van der Waals surface area contributed by atoms with E-state index in [1.54, 1.807) is 30.0 Å². The number of nitriles is 1. The van der Waals surface area contributed by atoms with Gasteiger partial charge in [0.15, 0.2) is 11.3 Å². The number of hydrogen-bond acceptors (Lipinski definition) is 6. The van der Waals surface area contributed by atoms with E-state index >= 15 is 0 Å². The van der Waals surface area contributed by atoms with Gasteiger partial charge >= 0.3 is 0 Å². The Kier molecular flexibility index (Phi) is 6.40. The van der Waals surface area contributed by atoms with Crippen LogP contribution in [-0.2, 0) is 10.2 Å². The smallest absolute Gasteiger partial charge is 0.271 e. The second-order valence-electron chi connectivity index (χ2n) is 9.12. The summed E-state index contributed by atoms with van der Waals surface area (Å²) in [6.07, 6.45) is 5.23. The van der Waals surface area contributed by atoms with Gasteiger partial charge in [0, 0.05) is 49.2 Å². The molecule has 36 heavy (non-hydrogen) atoms. The molecule has 4 aromatic rings. The molecule has 1 amide bonds. The molecule has 3 heterocycles. The lowest BCUT2D eigenvalue weighted by Gasteiger charge is -2.38. The van der Waals surface area contributed by atoms with E-state index in [-0.39, 0.29) is 11.3 Å². The van der Waals surface area contributed by atoms with Crippen molar-refractivity contribution in [3.05, 3.63) is 83.3 Å². The van der Waals surface area contributed by atoms with Crippen LogP contribution in [0.5, 0.6) is 5.75 Å².